The Bertz CT molecular complexity index is 1090. The van der Waals surface area contributed by atoms with Crippen LogP contribution in [0.3, 0.4) is 0 Å². The maximum atomic E-state index is 13.2. The van der Waals surface area contributed by atoms with Crippen LogP contribution in [0.4, 0.5) is 23.8 Å². The monoisotopic (exact) mass is 518 g/mol. The van der Waals surface area contributed by atoms with E-state index in [9.17, 15) is 18.0 Å². The van der Waals surface area contributed by atoms with Gasteiger partial charge in [0.15, 0.2) is 0 Å². The number of halogens is 3. The Kier molecular flexibility index (Phi) is 6.95. The first kappa shape index (κ1) is 25.6. The van der Waals surface area contributed by atoms with Crippen molar-refractivity contribution in [2.45, 2.75) is 51.1 Å². The maximum Gasteiger partial charge on any atom is 0.408 e. The first-order valence-electron chi connectivity index (χ1n) is 12.8. The fourth-order valence-corrected chi connectivity index (χ4v) is 5.27. The lowest BCUT2D eigenvalue weighted by Crippen LogP contribution is -2.42. The van der Waals surface area contributed by atoms with Gasteiger partial charge in [0, 0.05) is 44.1 Å². The zero-order valence-corrected chi connectivity index (χ0v) is 21.1. The third-order valence-electron chi connectivity index (χ3n) is 7.69. The summed E-state index contributed by atoms with van der Waals surface area (Å²) in [6.45, 7) is 6.18. The lowest BCUT2D eigenvalue weighted by molar-refractivity contribution is -0.179. The molecule has 1 aromatic heterocycles. The van der Waals surface area contributed by atoms with Crippen molar-refractivity contribution in [2.75, 3.05) is 31.1 Å². The highest BCUT2D eigenvalue weighted by Gasteiger charge is 2.55. The predicted octanol–water partition coefficient (Wildman–Crippen LogP) is 4.62. The molecule has 3 aliphatic rings. The SMILES string of the molecule is CC(C)(NC(=O)OCc1ccccc1)c1cc(O[C@H]2[C@@H]3CNC[C@@H]32)nc(N2CCC(C(F)(F)F)CC2)c1. The van der Waals surface area contributed by atoms with Gasteiger partial charge in [-0.1, -0.05) is 30.3 Å². The van der Waals surface area contributed by atoms with E-state index in [0.29, 0.717) is 23.5 Å². The zero-order valence-electron chi connectivity index (χ0n) is 21.1. The van der Waals surface area contributed by atoms with Crippen LogP contribution in [-0.4, -0.2) is 49.5 Å². The van der Waals surface area contributed by atoms with Crippen LogP contribution in [0.2, 0.25) is 0 Å². The molecule has 2 N–H and O–H groups in total. The molecular weight excluding hydrogens is 485 g/mol. The number of ether oxygens (including phenoxy) is 2. The van der Waals surface area contributed by atoms with Crippen molar-refractivity contribution in [1.82, 2.24) is 15.6 Å². The first-order chi connectivity index (χ1) is 17.6. The molecule has 1 amide bonds. The Hall–Kier alpha value is -3.01. The minimum absolute atomic E-state index is 0.0253. The van der Waals surface area contributed by atoms with Gasteiger partial charge in [0.25, 0.3) is 0 Å². The summed E-state index contributed by atoms with van der Waals surface area (Å²) in [5.74, 6) is 0.603. The highest BCUT2D eigenvalue weighted by Crippen LogP contribution is 2.45. The number of rotatable bonds is 7. The molecule has 0 spiro atoms. The molecule has 5 rings (SSSR count). The molecule has 3 heterocycles. The summed E-state index contributed by atoms with van der Waals surface area (Å²) in [5.41, 5.74) is 0.782. The highest BCUT2D eigenvalue weighted by atomic mass is 19.4. The normalized spacial score (nSPS) is 23.9. The van der Waals surface area contributed by atoms with Crippen LogP contribution < -0.4 is 20.3 Å². The number of amides is 1. The van der Waals surface area contributed by atoms with E-state index in [1.807, 2.05) is 61.2 Å². The van der Waals surface area contributed by atoms with E-state index in [1.54, 1.807) is 0 Å². The number of alkyl halides is 3. The van der Waals surface area contributed by atoms with Crippen LogP contribution in [0.1, 0.15) is 37.8 Å². The van der Waals surface area contributed by atoms with Crippen LogP contribution >= 0.6 is 0 Å². The second-order valence-corrected chi connectivity index (χ2v) is 10.7. The first-order valence-corrected chi connectivity index (χ1v) is 12.8. The van der Waals surface area contributed by atoms with Gasteiger partial charge in [0.1, 0.15) is 18.5 Å². The molecule has 2 saturated heterocycles. The van der Waals surface area contributed by atoms with Gasteiger partial charge in [-0.3, -0.25) is 0 Å². The van der Waals surface area contributed by atoms with Crippen LogP contribution in [0.15, 0.2) is 42.5 Å². The standard InChI is InChI=1S/C27H33F3N4O3/c1-26(2,33-25(35)36-16-17-6-4-3-5-7-17)19-12-22(34-10-8-18(9-11-34)27(28,29)30)32-23(13-19)37-24-20-14-31-15-21(20)24/h3-7,12-13,18,20-21,24,31H,8-11,14-16H2,1-2H3,(H,33,35)/t20-,21+,24+. The van der Waals surface area contributed by atoms with Gasteiger partial charge in [-0.15, -0.1) is 0 Å². The number of benzene rings is 1. The number of nitrogens with one attached hydrogen (secondary N) is 2. The molecule has 10 heteroatoms. The fourth-order valence-electron chi connectivity index (χ4n) is 5.27. The summed E-state index contributed by atoms with van der Waals surface area (Å²) in [6.07, 6.45) is -4.61. The van der Waals surface area contributed by atoms with Crippen LogP contribution in [0, 0.1) is 17.8 Å². The van der Waals surface area contributed by atoms with E-state index in [2.05, 4.69) is 15.6 Å². The van der Waals surface area contributed by atoms with E-state index in [-0.39, 0.29) is 38.6 Å². The van der Waals surface area contributed by atoms with E-state index in [0.717, 1.165) is 24.2 Å². The molecule has 1 aromatic carbocycles. The number of hydrogen-bond donors (Lipinski definition) is 2. The van der Waals surface area contributed by atoms with E-state index in [1.165, 1.54) is 0 Å². The lowest BCUT2D eigenvalue weighted by Gasteiger charge is -2.35. The van der Waals surface area contributed by atoms with E-state index >= 15 is 0 Å². The second-order valence-electron chi connectivity index (χ2n) is 10.7. The number of fused-ring (bicyclic) bond motifs is 1. The molecule has 200 valence electrons. The molecule has 2 aromatic rings. The molecule has 37 heavy (non-hydrogen) atoms. The van der Waals surface area contributed by atoms with Gasteiger partial charge in [0.05, 0.1) is 11.5 Å². The number of piperidine rings is 2. The summed E-state index contributed by atoms with van der Waals surface area (Å²) in [7, 11) is 0. The quantitative estimate of drug-likeness (QED) is 0.557. The number of anilines is 1. The molecule has 7 nitrogen and oxygen atoms in total. The van der Waals surface area contributed by atoms with Crippen LogP contribution in [-0.2, 0) is 16.9 Å². The Balaban J connectivity index is 1.32. The molecule has 0 radical (unpaired) electrons. The third kappa shape index (κ3) is 5.95. The number of alkyl carbamates (subject to hydrolysis) is 1. The average Bonchev–Trinajstić information content (AvgIpc) is 3.27. The minimum Gasteiger partial charge on any atom is -0.474 e. The van der Waals surface area contributed by atoms with Crippen molar-refractivity contribution in [3.8, 4) is 5.88 Å². The summed E-state index contributed by atoms with van der Waals surface area (Å²) >= 11 is 0. The molecule has 0 bridgehead atoms. The van der Waals surface area contributed by atoms with E-state index < -0.39 is 23.7 Å². The summed E-state index contributed by atoms with van der Waals surface area (Å²) < 4.78 is 51.3. The zero-order chi connectivity index (χ0) is 26.2. The maximum absolute atomic E-state index is 13.2. The van der Waals surface area contributed by atoms with Crippen molar-refractivity contribution in [3.05, 3.63) is 53.6 Å². The molecule has 2 aliphatic heterocycles. The predicted molar refractivity (Wildman–Crippen MR) is 132 cm³/mol. The Morgan fingerprint density at radius 3 is 2.43 bits per heavy atom. The smallest absolute Gasteiger partial charge is 0.408 e. The van der Waals surface area contributed by atoms with Crippen molar-refractivity contribution >= 4 is 11.9 Å². The number of carbonyl (C=O) groups excluding carboxylic acids is 1. The molecule has 1 aliphatic carbocycles. The number of carbonyl (C=O) groups is 1. The third-order valence-corrected chi connectivity index (χ3v) is 7.69. The van der Waals surface area contributed by atoms with Gasteiger partial charge in [-0.05, 0) is 43.9 Å². The number of pyridine rings is 1. The minimum atomic E-state index is -4.18. The molecule has 3 fully saturated rings. The highest BCUT2D eigenvalue weighted by molar-refractivity contribution is 5.69. The fraction of sp³-hybridized carbons (Fsp3) is 0.556. The Morgan fingerprint density at radius 1 is 1.11 bits per heavy atom. The summed E-state index contributed by atoms with van der Waals surface area (Å²) in [5, 5.41) is 6.25. The largest absolute Gasteiger partial charge is 0.474 e. The summed E-state index contributed by atoms with van der Waals surface area (Å²) in [6, 6.07) is 13.0. The van der Waals surface area contributed by atoms with Gasteiger partial charge < -0.3 is 25.0 Å². The summed E-state index contributed by atoms with van der Waals surface area (Å²) in [4.78, 5) is 19.2. The average molecular weight is 519 g/mol. The van der Waals surface area contributed by atoms with Crippen molar-refractivity contribution in [3.63, 3.8) is 0 Å². The molecule has 0 unspecified atom stereocenters. The van der Waals surface area contributed by atoms with Crippen LogP contribution in [0.25, 0.3) is 0 Å². The second kappa shape index (κ2) is 10.0. The van der Waals surface area contributed by atoms with Crippen molar-refractivity contribution < 1.29 is 27.4 Å². The van der Waals surface area contributed by atoms with Crippen molar-refractivity contribution in [2.24, 2.45) is 17.8 Å². The molecular formula is C27H33F3N4O3. The topological polar surface area (TPSA) is 75.7 Å². The number of hydrogen-bond acceptors (Lipinski definition) is 6. The van der Waals surface area contributed by atoms with Gasteiger partial charge in [0.2, 0.25) is 5.88 Å². The van der Waals surface area contributed by atoms with E-state index in [4.69, 9.17) is 9.47 Å². The van der Waals surface area contributed by atoms with Gasteiger partial charge in [-0.2, -0.15) is 18.2 Å². The number of nitrogens with zero attached hydrogens (tertiary/aromatic N) is 2. The Labute approximate surface area is 214 Å². The van der Waals surface area contributed by atoms with Gasteiger partial charge in [-0.25, -0.2) is 4.79 Å². The number of aromatic nitrogens is 1. The molecule has 1 saturated carbocycles. The lowest BCUT2D eigenvalue weighted by atomic mass is 9.94. The molecule has 3 atom stereocenters. The Morgan fingerprint density at radius 2 is 1.78 bits per heavy atom. The van der Waals surface area contributed by atoms with Crippen LogP contribution in [0.5, 0.6) is 5.88 Å². The van der Waals surface area contributed by atoms with Gasteiger partial charge >= 0.3 is 12.3 Å². The van der Waals surface area contributed by atoms with Crippen molar-refractivity contribution in [1.29, 1.82) is 0 Å².